The van der Waals surface area contributed by atoms with E-state index < -0.39 is 0 Å². The Bertz CT molecular complexity index is 709. The minimum atomic E-state index is 0.167. The summed E-state index contributed by atoms with van der Waals surface area (Å²) in [7, 11) is 0. The molecule has 1 saturated heterocycles. The lowest BCUT2D eigenvalue weighted by Gasteiger charge is -2.31. The van der Waals surface area contributed by atoms with Crippen LogP contribution < -0.4 is 0 Å². The Morgan fingerprint density at radius 1 is 1.38 bits per heavy atom. The summed E-state index contributed by atoms with van der Waals surface area (Å²) in [5.41, 5.74) is 2.84. The summed E-state index contributed by atoms with van der Waals surface area (Å²) in [6.45, 7) is 7.56. The van der Waals surface area contributed by atoms with Gasteiger partial charge in [-0.25, -0.2) is 4.98 Å². The fourth-order valence-corrected chi connectivity index (χ4v) is 3.37. The first kappa shape index (κ1) is 16.6. The molecule has 3 heterocycles. The van der Waals surface area contributed by atoms with E-state index in [0.717, 1.165) is 49.4 Å². The Balaban J connectivity index is 1.76. The number of aromatic nitrogens is 4. The molecule has 1 atom stereocenters. The van der Waals surface area contributed by atoms with Gasteiger partial charge in [-0.1, -0.05) is 0 Å². The maximum Gasteiger partial charge on any atom is 0.219 e. The molecule has 6 nitrogen and oxygen atoms in total. The molecule has 2 aromatic rings. The SMILES string of the molecule is CC(=O)N1CCC[C@H](Cc2cncc(-c3ccnn3C(C)C)n2)C1. The van der Waals surface area contributed by atoms with Crippen molar-refractivity contribution in [2.45, 2.75) is 46.1 Å². The van der Waals surface area contributed by atoms with Gasteiger partial charge in [0, 0.05) is 38.4 Å². The van der Waals surface area contributed by atoms with Crippen molar-refractivity contribution >= 4 is 5.91 Å². The number of hydrogen-bond acceptors (Lipinski definition) is 4. The zero-order valence-electron chi connectivity index (χ0n) is 14.6. The van der Waals surface area contributed by atoms with Crippen molar-refractivity contribution in [1.29, 1.82) is 0 Å². The normalized spacial score (nSPS) is 18.2. The number of piperidine rings is 1. The van der Waals surface area contributed by atoms with Crippen molar-refractivity contribution in [3.05, 3.63) is 30.4 Å². The quantitative estimate of drug-likeness (QED) is 0.866. The molecule has 0 aliphatic carbocycles. The van der Waals surface area contributed by atoms with Gasteiger partial charge in [0.2, 0.25) is 5.91 Å². The van der Waals surface area contributed by atoms with E-state index in [2.05, 4.69) is 23.9 Å². The smallest absolute Gasteiger partial charge is 0.219 e. The Morgan fingerprint density at radius 2 is 2.21 bits per heavy atom. The molecule has 1 fully saturated rings. The van der Waals surface area contributed by atoms with Gasteiger partial charge in [-0.2, -0.15) is 5.10 Å². The van der Waals surface area contributed by atoms with Gasteiger partial charge < -0.3 is 4.90 Å². The number of nitrogens with zero attached hydrogens (tertiary/aromatic N) is 5. The molecule has 2 aromatic heterocycles. The fourth-order valence-electron chi connectivity index (χ4n) is 3.37. The van der Waals surface area contributed by atoms with Gasteiger partial charge in [0.25, 0.3) is 0 Å². The first-order chi connectivity index (χ1) is 11.5. The van der Waals surface area contributed by atoms with E-state index in [-0.39, 0.29) is 11.9 Å². The Hall–Kier alpha value is -2.24. The summed E-state index contributed by atoms with van der Waals surface area (Å²) < 4.78 is 1.96. The maximum atomic E-state index is 11.6. The Labute approximate surface area is 142 Å². The molecular formula is C18H25N5O. The van der Waals surface area contributed by atoms with Crippen LogP contribution in [-0.4, -0.2) is 43.6 Å². The molecule has 1 amide bonds. The zero-order valence-corrected chi connectivity index (χ0v) is 14.6. The standard InChI is InChI=1S/C18H25N5O/c1-13(2)23-18(6-7-20-23)17-11-19-10-16(21-17)9-15-5-4-8-22(12-15)14(3)24/h6-7,10-11,13,15H,4-5,8-9,12H2,1-3H3/t15-/m1/s1. The molecule has 24 heavy (non-hydrogen) atoms. The molecule has 1 aliphatic rings. The third-order valence-electron chi connectivity index (χ3n) is 4.57. The predicted molar refractivity (Wildman–Crippen MR) is 92.3 cm³/mol. The highest BCUT2D eigenvalue weighted by molar-refractivity contribution is 5.73. The number of hydrogen-bond donors (Lipinski definition) is 0. The summed E-state index contributed by atoms with van der Waals surface area (Å²) in [5, 5.41) is 4.37. The van der Waals surface area contributed by atoms with E-state index in [1.807, 2.05) is 21.8 Å². The van der Waals surface area contributed by atoms with E-state index in [9.17, 15) is 4.79 Å². The lowest BCUT2D eigenvalue weighted by atomic mass is 9.93. The molecule has 128 valence electrons. The first-order valence-electron chi connectivity index (χ1n) is 8.65. The molecule has 0 spiro atoms. The van der Waals surface area contributed by atoms with Crippen molar-refractivity contribution in [3.63, 3.8) is 0 Å². The van der Waals surface area contributed by atoms with Crippen LogP contribution in [0.2, 0.25) is 0 Å². The molecule has 0 N–H and O–H groups in total. The van der Waals surface area contributed by atoms with Gasteiger partial charge in [-0.15, -0.1) is 0 Å². The first-order valence-corrected chi connectivity index (χ1v) is 8.65. The molecule has 3 rings (SSSR count). The number of carbonyl (C=O) groups is 1. The van der Waals surface area contributed by atoms with E-state index in [1.54, 1.807) is 19.3 Å². The molecule has 0 unspecified atom stereocenters. The summed E-state index contributed by atoms with van der Waals surface area (Å²) >= 11 is 0. The van der Waals surface area contributed by atoms with Crippen LogP contribution in [0.1, 0.15) is 45.3 Å². The fraction of sp³-hybridized carbons (Fsp3) is 0.556. The molecule has 1 aliphatic heterocycles. The molecule has 0 aromatic carbocycles. The van der Waals surface area contributed by atoms with Gasteiger partial charge in [-0.05, 0) is 45.1 Å². The highest BCUT2D eigenvalue weighted by Crippen LogP contribution is 2.23. The largest absolute Gasteiger partial charge is 0.343 e. The number of rotatable bonds is 4. The van der Waals surface area contributed by atoms with Gasteiger partial charge >= 0.3 is 0 Å². The number of carbonyl (C=O) groups excluding carboxylic acids is 1. The highest BCUT2D eigenvalue weighted by Gasteiger charge is 2.22. The number of likely N-dealkylation sites (tertiary alicyclic amines) is 1. The third-order valence-corrected chi connectivity index (χ3v) is 4.57. The minimum absolute atomic E-state index is 0.167. The molecule has 0 saturated carbocycles. The third kappa shape index (κ3) is 3.63. The molecule has 0 radical (unpaired) electrons. The second-order valence-corrected chi connectivity index (χ2v) is 6.83. The topological polar surface area (TPSA) is 63.9 Å². The highest BCUT2D eigenvalue weighted by atomic mass is 16.2. The second-order valence-electron chi connectivity index (χ2n) is 6.83. The van der Waals surface area contributed by atoms with Crippen LogP contribution >= 0.6 is 0 Å². The zero-order chi connectivity index (χ0) is 17.1. The minimum Gasteiger partial charge on any atom is -0.343 e. The van der Waals surface area contributed by atoms with Gasteiger partial charge in [0.15, 0.2) is 0 Å². The summed E-state index contributed by atoms with van der Waals surface area (Å²) in [6.07, 6.45) is 8.50. The van der Waals surface area contributed by atoms with Crippen LogP contribution in [0.25, 0.3) is 11.4 Å². The van der Waals surface area contributed by atoms with Crippen molar-refractivity contribution in [2.75, 3.05) is 13.1 Å². The van der Waals surface area contributed by atoms with E-state index in [1.165, 1.54) is 0 Å². The van der Waals surface area contributed by atoms with Crippen molar-refractivity contribution in [2.24, 2.45) is 5.92 Å². The van der Waals surface area contributed by atoms with Crippen LogP contribution in [-0.2, 0) is 11.2 Å². The van der Waals surface area contributed by atoms with Gasteiger partial charge in [0.05, 0.1) is 17.6 Å². The number of amides is 1. The summed E-state index contributed by atoms with van der Waals surface area (Å²) in [6, 6.07) is 2.26. The maximum absolute atomic E-state index is 11.6. The van der Waals surface area contributed by atoms with Crippen LogP contribution in [0.15, 0.2) is 24.7 Å². The lowest BCUT2D eigenvalue weighted by Crippen LogP contribution is -2.39. The Morgan fingerprint density at radius 3 is 2.96 bits per heavy atom. The Kier molecular flexibility index (Phi) is 4.92. The monoisotopic (exact) mass is 327 g/mol. The van der Waals surface area contributed by atoms with Crippen LogP contribution in [0.5, 0.6) is 0 Å². The molecule has 6 heteroatoms. The summed E-state index contributed by atoms with van der Waals surface area (Å²) in [5.74, 6) is 0.627. The van der Waals surface area contributed by atoms with E-state index in [0.29, 0.717) is 5.92 Å². The van der Waals surface area contributed by atoms with Crippen molar-refractivity contribution in [1.82, 2.24) is 24.6 Å². The predicted octanol–water partition coefficient (Wildman–Crippen LogP) is 2.72. The lowest BCUT2D eigenvalue weighted by molar-refractivity contribution is -0.130. The van der Waals surface area contributed by atoms with Crippen LogP contribution in [0.4, 0.5) is 0 Å². The van der Waals surface area contributed by atoms with Gasteiger partial charge in [0.1, 0.15) is 5.69 Å². The van der Waals surface area contributed by atoms with Gasteiger partial charge in [-0.3, -0.25) is 14.5 Å². The second kappa shape index (κ2) is 7.11. The van der Waals surface area contributed by atoms with E-state index in [4.69, 9.17) is 4.98 Å². The van der Waals surface area contributed by atoms with E-state index >= 15 is 0 Å². The summed E-state index contributed by atoms with van der Waals surface area (Å²) in [4.78, 5) is 22.7. The van der Waals surface area contributed by atoms with Crippen LogP contribution in [0, 0.1) is 5.92 Å². The van der Waals surface area contributed by atoms with Crippen LogP contribution in [0.3, 0.4) is 0 Å². The van der Waals surface area contributed by atoms with Crippen molar-refractivity contribution < 1.29 is 4.79 Å². The average molecular weight is 327 g/mol. The van der Waals surface area contributed by atoms with Crippen molar-refractivity contribution in [3.8, 4) is 11.4 Å². The average Bonchev–Trinajstić information content (AvgIpc) is 3.05. The molecular weight excluding hydrogens is 302 g/mol. The molecule has 0 bridgehead atoms.